The van der Waals surface area contributed by atoms with Crippen molar-refractivity contribution in [1.82, 2.24) is 5.32 Å². The number of ether oxygens (including phenoxy) is 2. The molecule has 1 aromatic rings. The van der Waals surface area contributed by atoms with Gasteiger partial charge in [-0.05, 0) is 18.1 Å². The number of carbonyl (C=O) groups excluding carboxylic acids is 1. The minimum absolute atomic E-state index is 0.0447. The molecule has 9 heteroatoms. The van der Waals surface area contributed by atoms with E-state index in [-0.39, 0.29) is 23.9 Å². The molecule has 1 N–H and O–H groups in total. The van der Waals surface area contributed by atoms with Gasteiger partial charge in [0.15, 0.2) is 5.75 Å². The average molecular weight is 289 g/mol. The zero-order valence-electron chi connectivity index (χ0n) is 9.43. The smallest absolute Gasteiger partial charge is 0.453 e. The molecule has 7 nitrogen and oxygen atoms in total. The van der Waals surface area contributed by atoms with Crippen molar-refractivity contribution >= 4 is 16.4 Å². The normalized spacial score (nSPS) is 16.8. The summed E-state index contributed by atoms with van der Waals surface area (Å²) in [7, 11) is -5.27. The second-order valence-corrected chi connectivity index (χ2v) is 4.91. The minimum Gasteiger partial charge on any atom is -0.453 e. The molecule has 0 unspecified atom stereocenters. The van der Waals surface area contributed by atoms with Crippen LogP contribution in [0.25, 0.3) is 0 Å². The van der Waals surface area contributed by atoms with Gasteiger partial charge in [-0.3, -0.25) is 4.79 Å². The maximum Gasteiger partial charge on any atom is 0.488 e. The van der Waals surface area contributed by atoms with Crippen LogP contribution in [0.2, 0.25) is 0 Å². The monoisotopic (exact) mass is 289 g/mol. The van der Waals surface area contributed by atoms with E-state index in [1.165, 1.54) is 0 Å². The van der Waals surface area contributed by atoms with Gasteiger partial charge in [-0.2, -0.15) is 8.42 Å². The van der Waals surface area contributed by atoms with Crippen molar-refractivity contribution in [2.24, 2.45) is 0 Å². The van der Waals surface area contributed by atoms with E-state index in [2.05, 4.69) is 9.50 Å². The predicted molar refractivity (Wildman–Crippen MR) is 59.3 cm³/mol. The van der Waals surface area contributed by atoms with Gasteiger partial charge >= 0.3 is 10.5 Å². The van der Waals surface area contributed by atoms with Crippen LogP contribution in [0, 0.1) is 0 Å². The van der Waals surface area contributed by atoms with Crippen LogP contribution in [-0.2, 0) is 16.9 Å². The summed E-state index contributed by atoms with van der Waals surface area (Å²) in [6, 6.07) is 1.56. The van der Waals surface area contributed by atoms with Crippen LogP contribution in [0.5, 0.6) is 17.2 Å². The quantitative estimate of drug-likeness (QED) is 0.787. The van der Waals surface area contributed by atoms with Crippen LogP contribution in [-0.4, -0.2) is 27.7 Å². The lowest BCUT2D eigenvalue weighted by Gasteiger charge is -2.19. The van der Waals surface area contributed by atoms with Gasteiger partial charge in [0.2, 0.25) is 18.3 Å². The third-order valence-corrected chi connectivity index (χ3v) is 3.16. The summed E-state index contributed by atoms with van der Waals surface area (Å²) in [4.78, 5) is 11.8. The Balaban J connectivity index is 2.24. The van der Waals surface area contributed by atoms with Crippen LogP contribution in [0.4, 0.5) is 3.89 Å². The Bertz CT molecular complexity index is 671. The van der Waals surface area contributed by atoms with Gasteiger partial charge in [-0.15, -0.1) is 0 Å². The number of benzene rings is 1. The summed E-state index contributed by atoms with van der Waals surface area (Å²) < 4.78 is 48.5. The van der Waals surface area contributed by atoms with Gasteiger partial charge in [-0.25, -0.2) is 0 Å². The number of amides is 1. The molecule has 1 amide bonds. The van der Waals surface area contributed by atoms with Crippen molar-refractivity contribution in [3.05, 3.63) is 17.2 Å². The molecule has 0 spiro atoms. The van der Waals surface area contributed by atoms with Gasteiger partial charge in [0.25, 0.3) is 5.91 Å². The molecule has 2 heterocycles. The Hall–Kier alpha value is -2.03. The van der Waals surface area contributed by atoms with E-state index in [1.54, 1.807) is 6.07 Å². The number of rotatable bonds is 2. The highest BCUT2D eigenvalue weighted by Gasteiger charge is 2.33. The molecular formula is C10H8FNO6S. The molecule has 0 bridgehead atoms. The molecule has 2 aliphatic rings. The highest BCUT2D eigenvalue weighted by Crippen LogP contribution is 2.46. The van der Waals surface area contributed by atoms with Crippen LogP contribution < -0.4 is 19.0 Å². The maximum absolute atomic E-state index is 12.8. The van der Waals surface area contributed by atoms with Crippen molar-refractivity contribution in [2.75, 3.05) is 13.3 Å². The Morgan fingerprint density at radius 1 is 1.37 bits per heavy atom. The summed E-state index contributed by atoms with van der Waals surface area (Å²) in [6.07, 6.45) is 0.459. The zero-order valence-corrected chi connectivity index (χ0v) is 10.3. The molecule has 0 fully saturated rings. The molecular weight excluding hydrogens is 281 g/mol. The van der Waals surface area contributed by atoms with Gasteiger partial charge in [-0.1, -0.05) is 3.89 Å². The van der Waals surface area contributed by atoms with Crippen molar-refractivity contribution in [1.29, 1.82) is 0 Å². The van der Waals surface area contributed by atoms with Crippen LogP contribution in [0.3, 0.4) is 0 Å². The average Bonchev–Trinajstić information content (AvgIpc) is 2.75. The fourth-order valence-electron chi connectivity index (χ4n) is 2.09. The number of nitrogens with one attached hydrogen (secondary N) is 1. The molecule has 0 saturated heterocycles. The van der Waals surface area contributed by atoms with Gasteiger partial charge < -0.3 is 19.0 Å². The fourth-order valence-corrected chi connectivity index (χ4v) is 2.45. The summed E-state index contributed by atoms with van der Waals surface area (Å²) in [5.41, 5.74) is 0.475. The summed E-state index contributed by atoms with van der Waals surface area (Å²) in [5.74, 6) is -0.868. The molecule has 0 atom stereocenters. The highest BCUT2D eigenvalue weighted by molar-refractivity contribution is 7.81. The highest BCUT2D eigenvalue weighted by atomic mass is 32.3. The van der Waals surface area contributed by atoms with Crippen LogP contribution in [0.1, 0.15) is 15.9 Å². The van der Waals surface area contributed by atoms with Gasteiger partial charge in [0.05, 0.1) is 5.56 Å². The van der Waals surface area contributed by atoms with Gasteiger partial charge in [0, 0.05) is 6.54 Å². The molecule has 2 aliphatic heterocycles. The SMILES string of the molecule is O=C1NCCc2cc3c(c(OS(=O)(=O)F)c21)OCO3. The molecule has 0 radical (unpaired) electrons. The fraction of sp³-hybridized carbons (Fsp3) is 0.300. The predicted octanol–water partition coefficient (Wildman–Crippen LogP) is 0.294. The molecule has 1 aromatic carbocycles. The largest absolute Gasteiger partial charge is 0.488 e. The summed E-state index contributed by atoms with van der Waals surface area (Å²) >= 11 is 0. The first-order valence-electron chi connectivity index (χ1n) is 5.33. The lowest BCUT2D eigenvalue weighted by Crippen LogP contribution is -2.32. The minimum atomic E-state index is -5.27. The first-order chi connectivity index (χ1) is 8.96. The van der Waals surface area contributed by atoms with E-state index in [0.717, 1.165) is 0 Å². The molecule has 19 heavy (non-hydrogen) atoms. The van der Waals surface area contributed by atoms with E-state index >= 15 is 0 Å². The molecule has 102 valence electrons. The Morgan fingerprint density at radius 2 is 2.16 bits per heavy atom. The molecule has 0 aliphatic carbocycles. The van der Waals surface area contributed by atoms with Crippen LogP contribution in [0.15, 0.2) is 6.07 Å². The summed E-state index contributed by atoms with van der Waals surface area (Å²) in [5, 5.41) is 2.52. The second-order valence-electron chi connectivity index (χ2n) is 3.96. The second kappa shape index (κ2) is 3.98. The maximum atomic E-state index is 12.8. The number of carbonyl (C=O) groups is 1. The molecule has 0 saturated carbocycles. The van der Waals surface area contributed by atoms with E-state index in [4.69, 9.17) is 9.47 Å². The molecule has 3 rings (SSSR count). The van der Waals surface area contributed by atoms with E-state index in [1.807, 2.05) is 0 Å². The standard InChI is InChI=1S/C10H8FNO6S/c11-19(14,15)18-9-7-5(1-2-12-10(7)13)3-6-8(9)17-4-16-6/h3H,1-2,4H2,(H,12,13). The van der Waals surface area contributed by atoms with Crippen molar-refractivity contribution in [3.63, 3.8) is 0 Å². The van der Waals surface area contributed by atoms with Crippen LogP contribution >= 0.6 is 0 Å². The lowest BCUT2D eigenvalue weighted by atomic mass is 9.98. The van der Waals surface area contributed by atoms with Crippen molar-refractivity contribution < 1.29 is 30.8 Å². The van der Waals surface area contributed by atoms with E-state index in [9.17, 15) is 17.1 Å². The van der Waals surface area contributed by atoms with Gasteiger partial charge in [0.1, 0.15) is 0 Å². The number of halogens is 1. The molecule has 0 aromatic heterocycles. The zero-order chi connectivity index (χ0) is 13.6. The van der Waals surface area contributed by atoms with Crippen molar-refractivity contribution in [2.45, 2.75) is 6.42 Å². The number of hydrogen-bond donors (Lipinski definition) is 1. The lowest BCUT2D eigenvalue weighted by molar-refractivity contribution is 0.0943. The Morgan fingerprint density at radius 3 is 2.89 bits per heavy atom. The first kappa shape index (κ1) is 12.0. The Labute approximate surface area is 107 Å². The Kier molecular flexibility index (Phi) is 2.52. The van der Waals surface area contributed by atoms with E-state index in [0.29, 0.717) is 18.5 Å². The third-order valence-electron chi connectivity index (χ3n) is 2.79. The van der Waals surface area contributed by atoms with Crippen molar-refractivity contribution in [3.8, 4) is 17.2 Å². The first-order valence-corrected chi connectivity index (χ1v) is 6.64. The summed E-state index contributed by atoms with van der Waals surface area (Å²) in [6.45, 7) is 0.246. The third kappa shape index (κ3) is 2.05. The van der Waals surface area contributed by atoms with E-state index < -0.39 is 22.2 Å². The number of hydrogen-bond acceptors (Lipinski definition) is 6. The number of fused-ring (bicyclic) bond motifs is 2. The topological polar surface area (TPSA) is 90.9 Å².